The molecule has 3 nitrogen and oxygen atoms in total. The summed E-state index contributed by atoms with van der Waals surface area (Å²) in [5.74, 6) is 0. The Kier molecular flexibility index (Phi) is 2.56. The number of fused-ring (bicyclic) bond motifs is 1. The fourth-order valence-corrected chi connectivity index (χ4v) is 1.81. The van der Waals surface area contributed by atoms with Gasteiger partial charge in [0.1, 0.15) is 0 Å². The van der Waals surface area contributed by atoms with Crippen molar-refractivity contribution in [3.05, 3.63) is 42.6 Å². The highest BCUT2D eigenvalue weighted by molar-refractivity contribution is 5.82. The molecule has 2 rings (SSSR count). The number of hydrogen-bond donors (Lipinski definition) is 1. The van der Waals surface area contributed by atoms with Crippen LogP contribution in [0.15, 0.2) is 36.9 Å². The third kappa shape index (κ3) is 1.66. The lowest BCUT2D eigenvalue weighted by Gasteiger charge is -2.04. The molecule has 0 fully saturated rings. The van der Waals surface area contributed by atoms with Crippen LogP contribution in [0.25, 0.3) is 10.9 Å². The van der Waals surface area contributed by atoms with Crippen LogP contribution in [-0.2, 0) is 7.05 Å². The second-order valence-corrected chi connectivity index (χ2v) is 3.66. The highest BCUT2D eigenvalue weighted by atomic mass is 15.3. The minimum Gasteiger partial charge on any atom is -0.322 e. The third-order valence-electron chi connectivity index (χ3n) is 2.56. The molecular formula is C12H15N3. The Balaban J connectivity index is 2.56. The van der Waals surface area contributed by atoms with E-state index in [1.807, 2.05) is 36.0 Å². The first-order valence-corrected chi connectivity index (χ1v) is 5.02. The van der Waals surface area contributed by atoms with Gasteiger partial charge in [0.25, 0.3) is 0 Å². The van der Waals surface area contributed by atoms with Gasteiger partial charge in [-0.3, -0.25) is 4.68 Å². The van der Waals surface area contributed by atoms with Crippen molar-refractivity contribution in [2.24, 2.45) is 12.8 Å². The molecule has 1 aromatic carbocycles. The number of nitrogens with zero attached hydrogens (tertiary/aromatic N) is 2. The Morgan fingerprint density at radius 1 is 1.53 bits per heavy atom. The van der Waals surface area contributed by atoms with Crippen LogP contribution in [0.4, 0.5) is 0 Å². The minimum atomic E-state index is -0.0615. The van der Waals surface area contributed by atoms with E-state index in [0.717, 1.165) is 23.0 Å². The molecule has 1 heterocycles. The van der Waals surface area contributed by atoms with Gasteiger partial charge in [-0.2, -0.15) is 5.10 Å². The van der Waals surface area contributed by atoms with Gasteiger partial charge in [0.05, 0.1) is 17.3 Å². The second-order valence-electron chi connectivity index (χ2n) is 3.66. The van der Waals surface area contributed by atoms with Crippen LogP contribution in [-0.4, -0.2) is 9.78 Å². The van der Waals surface area contributed by atoms with Crippen molar-refractivity contribution in [2.45, 2.75) is 12.5 Å². The molecule has 0 saturated heterocycles. The predicted octanol–water partition coefficient (Wildman–Crippen LogP) is 2.15. The minimum absolute atomic E-state index is 0.0615. The first kappa shape index (κ1) is 9.93. The van der Waals surface area contributed by atoms with E-state index in [1.54, 1.807) is 0 Å². The number of nitrogens with two attached hydrogens (primary N) is 1. The molecular weight excluding hydrogens is 186 g/mol. The van der Waals surface area contributed by atoms with Crippen molar-refractivity contribution >= 4 is 10.9 Å². The van der Waals surface area contributed by atoms with E-state index < -0.39 is 0 Å². The van der Waals surface area contributed by atoms with E-state index in [9.17, 15) is 0 Å². The van der Waals surface area contributed by atoms with Crippen LogP contribution in [0.5, 0.6) is 0 Å². The van der Waals surface area contributed by atoms with E-state index in [-0.39, 0.29) is 6.04 Å². The summed E-state index contributed by atoms with van der Waals surface area (Å²) in [7, 11) is 1.94. The molecule has 1 aromatic heterocycles. The van der Waals surface area contributed by atoms with Crippen LogP contribution < -0.4 is 5.73 Å². The molecule has 2 aromatic rings. The Bertz CT molecular complexity index is 485. The molecule has 1 unspecified atom stereocenters. The number of benzene rings is 1. The van der Waals surface area contributed by atoms with E-state index in [2.05, 4.69) is 17.7 Å². The van der Waals surface area contributed by atoms with Crippen molar-refractivity contribution in [1.29, 1.82) is 0 Å². The number of hydrogen-bond acceptors (Lipinski definition) is 2. The standard InChI is InChI=1S/C12H15N3/c1-3-6-10(13)12-9-7-4-5-8-11(9)15(2)14-12/h3-5,7-8,10H,1,6,13H2,2H3. The number of rotatable bonds is 3. The predicted molar refractivity (Wildman–Crippen MR) is 62.5 cm³/mol. The zero-order valence-electron chi connectivity index (χ0n) is 8.85. The molecule has 0 radical (unpaired) electrons. The smallest absolute Gasteiger partial charge is 0.0873 e. The monoisotopic (exact) mass is 201 g/mol. The zero-order chi connectivity index (χ0) is 10.8. The third-order valence-corrected chi connectivity index (χ3v) is 2.56. The van der Waals surface area contributed by atoms with Gasteiger partial charge in [-0.1, -0.05) is 24.3 Å². The van der Waals surface area contributed by atoms with Gasteiger partial charge in [-0.05, 0) is 12.5 Å². The Labute approximate surface area is 89.2 Å². The lowest BCUT2D eigenvalue weighted by Crippen LogP contribution is -2.10. The SMILES string of the molecule is C=CCC(N)c1nn(C)c2ccccc12. The molecule has 0 aliphatic heterocycles. The summed E-state index contributed by atoms with van der Waals surface area (Å²) >= 11 is 0. The van der Waals surface area contributed by atoms with Gasteiger partial charge in [0.2, 0.25) is 0 Å². The van der Waals surface area contributed by atoms with Gasteiger partial charge in [-0.25, -0.2) is 0 Å². The molecule has 15 heavy (non-hydrogen) atoms. The fraction of sp³-hybridized carbons (Fsp3) is 0.250. The molecule has 0 bridgehead atoms. The quantitative estimate of drug-likeness (QED) is 0.773. The Morgan fingerprint density at radius 3 is 3.00 bits per heavy atom. The van der Waals surface area contributed by atoms with Crippen molar-refractivity contribution < 1.29 is 0 Å². The molecule has 0 saturated carbocycles. The summed E-state index contributed by atoms with van der Waals surface area (Å²) < 4.78 is 1.87. The van der Waals surface area contributed by atoms with E-state index in [0.29, 0.717) is 0 Å². The topological polar surface area (TPSA) is 43.8 Å². The van der Waals surface area contributed by atoms with Gasteiger partial charge in [0, 0.05) is 12.4 Å². The van der Waals surface area contributed by atoms with Crippen LogP contribution >= 0.6 is 0 Å². The number of aryl methyl sites for hydroxylation is 1. The second kappa shape index (κ2) is 3.87. The Morgan fingerprint density at radius 2 is 2.27 bits per heavy atom. The maximum Gasteiger partial charge on any atom is 0.0873 e. The highest BCUT2D eigenvalue weighted by Crippen LogP contribution is 2.23. The summed E-state index contributed by atoms with van der Waals surface area (Å²) in [6.45, 7) is 3.70. The molecule has 2 N–H and O–H groups in total. The highest BCUT2D eigenvalue weighted by Gasteiger charge is 2.13. The average molecular weight is 201 g/mol. The Hall–Kier alpha value is -1.61. The maximum atomic E-state index is 6.04. The van der Waals surface area contributed by atoms with Crippen molar-refractivity contribution in [3.8, 4) is 0 Å². The van der Waals surface area contributed by atoms with Crippen LogP contribution in [0, 0.1) is 0 Å². The molecule has 1 atom stereocenters. The number of aromatic nitrogens is 2. The van der Waals surface area contributed by atoms with E-state index in [1.165, 1.54) is 0 Å². The number of para-hydroxylation sites is 1. The van der Waals surface area contributed by atoms with Crippen LogP contribution in [0.2, 0.25) is 0 Å². The van der Waals surface area contributed by atoms with Crippen LogP contribution in [0.3, 0.4) is 0 Å². The van der Waals surface area contributed by atoms with Crippen LogP contribution in [0.1, 0.15) is 18.2 Å². The molecule has 0 spiro atoms. The molecule has 0 aliphatic rings. The largest absolute Gasteiger partial charge is 0.322 e. The van der Waals surface area contributed by atoms with Gasteiger partial charge in [0.15, 0.2) is 0 Å². The summed E-state index contributed by atoms with van der Waals surface area (Å²) in [6.07, 6.45) is 2.58. The maximum absolute atomic E-state index is 6.04. The molecule has 3 heteroatoms. The van der Waals surface area contributed by atoms with Crippen molar-refractivity contribution in [2.75, 3.05) is 0 Å². The van der Waals surface area contributed by atoms with E-state index >= 15 is 0 Å². The summed E-state index contributed by atoms with van der Waals surface area (Å²) in [5.41, 5.74) is 8.11. The molecule has 0 aliphatic carbocycles. The molecule has 0 amide bonds. The normalized spacial score (nSPS) is 12.9. The van der Waals surface area contributed by atoms with Gasteiger partial charge in [-0.15, -0.1) is 6.58 Å². The fourth-order valence-electron chi connectivity index (χ4n) is 1.81. The van der Waals surface area contributed by atoms with Gasteiger partial charge < -0.3 is 5.73 Å². The summed E-state index contributed by atoms with van der Waals surface area (Å²) in [5, 5.41) is 5.59. The average Bonchev–Trinajstić information content (AvgIpc) is 2.58. The van der Waals surface area contributed by atoms with Crippen molar-refractivity contribution in [3.63, 3.8) is 0 Å². The summed E-state index contributed by atoms with van der Waals surface area (Å²) in [4.78, 5) is 0. The first-order valence-electron chi connectivity index (χ1n) is 5.02. The van der Waals surface area contributed by atoms with Gasteiger partial charge >= 0.3 is 0 Å². The van der Waals surface area contributed by atoms with Crippen molar-refractivity contribution in [1.82, 2.24) is 9.78 Å². The summed E-state index contributed by atoms with van der Waals surface area (Å²) in [6, 6.07) is 8.06. The zero-order valence-corrected chi connectivity index (χ0v) is 8.85. The lowest BCUT2D eigenvalue weighted by atomic mass is 10.1. The lowest BCUT2D eigenvalue weighted by molar-refractivity contribution is 0.676. The first-order chi connectivity index (χ1) is 7.24. The molecule has 78 valence electrons. The van der Waals surface area contributed by atoms with E-state index in [4.69, 9.17) is 5.73 Å².